The first-order chi connectivity index (χ1) is 7.99. The van der Waals surface area contributed by atoms with Gasteiger partial charge in [0.15, 0.2) is 11.6 Å². The molecule has 1 aromatic carbocycles. The van der Waals surface area contributed by atoms with Crippen LogP contribution in [0.25, 0.3) is 11.3 Å². The molecule has 0 bridgehead atoms. The van der Waals surface area contributed by atoms with Gasteiger partial charge in [-0.3, -0.25) is 0 Å². The number of rotatable bonds is 2. The molecular weight excluding hydrogens is 226 g/mol. The van der Waals surface area contributed by atoms with E-state index in [9.17, 15) is 8.78 Å². The monoisotopic (exact) mass is 238 g/mol. The molecule has 0 aliphatic rings. The summed E-state index contributed by atoms with van der Waals surface area (Å²) in [4.78, 5) is 0. The van der Waals surface area contributed by atoms with E-state index in [1.165, 1.54) is 12.1 Å². The third-order valence-electron chi connectivity index (χ3n) is 2.52. The first-order valence-corrected chi connectivity index (χ1v) is 5.20. The van der Waals surface area contributed by atoms with E-state index in [0.717, 1.165) is 0 Å². The van der Waals surface area contributed by atoms with Gasteiger partial charge in [-0.2, -0.15) is 0 Å². The van der Waals surface area contributed by atoms with E-state index in [1.54, 1.807) is 6.07 Å². The summed E-state index contributed by atoms with van der Waals surface area (Å²) >= 11 is 0. The van der Waals surface area contributed by atoms with Crippen molar-refractivity contribution in [2.24, 2.45) is 0 Å². The molecule has 1 aromatic heterocycles. The van der Waals surface area contributed by atoms with Crippen LogP contribution >= 0.6 is 0 Å². The van der Waals surface area contributed by atoms with Gasteiger partial charge in [0.05, 0.1) is 0 Å². The van der Waals surface area contributed by atoms with Gasteiger partial charge >= 0.3 is 0 Å². The lowest BCUT2D eigenvalue weighted by molar-refractivity contribution is 0.438. The number of nitrogens with zero attached hydrogens (tertiary/aromatic N) is 1. The molecular formula is C12H12F2N2O. The normalized spacial score (nSPS) is 11.1. The number of aromatic nitrogens is 1. The maximum atomic E-state index is 13.6. The molecule has 0 atom stereocenters. The zero-order valence-corrected chi connectivity index (χ0v) is 9.50. The molecule has 0 aliphatic carbocycles. The zero-order chi connectivity index (χ0) is 12.6. The van der Waals surface area contributed by atoms with Crippen molar-refractivity contribution in [2.45, 2.75) is 19.8 Å². The fourth-order valence-corrected chi connectivity index (χ4v) is 1.55. The Morgan fingerprint density at radius 2 is 1.94 bits per heavy atom. The molecule has 2 rings (SSSR count). The Bertz CT molecular complexity index is 549. The molecule has 17 heavy (non-hydrogen) atoms. The van der Waals surface area contributed by atoms with Gasteiger partial charge in [-0.1, -0.05) is 19.0 Å². The van der Waals surface area contributed by atoms with Gasteiger partial charge in [0.25, 0.3) is 0 Å². The minimum Gasteiger partial charge on any atom is -0.368 e. The van der Waals surface area contributed by atoms with E-state index < -0.39 is 11.6 Å². The van der Waals surface area contributed by atoms with Crippen LogP contribution in [-0.2, 0) is 0 Å². The van der Waals surface area contributed by atoms with Crippen LogP contribution in [0.2, 0.25) is 0 Å². The second-order valence-electron chi connectivity index (χ2n) is 4.13. The van der Waals surface area contributed by atoms with Crippen molar-refractivity contribution in [3.05, 3.63) is 35.4 Å². The zero-order valence-electron chi connectivity index (χ0n) is 9.50. The lowest BCUT2D eigenvalue weighted by Crippen LogP contribution is -1.96. The summed E-state index contributed by atoms with van der Waals surface area (Å²) in [7, 11) is 0. The van der Waals surface area contributed by atoms with Crippen LogP contribution in [0.3, 0.4) is 0 Å². The van der Waals surface area contributed by atoms with Gasteiger partial charge in [0.1, 0.15) is 5.69 Å². The van der Waals surface area contributed by atoms with Crippen molar-refractivity contribution in [1.82, 2.24) is 5.16 Å². The molecule has 1 heterocycles. The Balaban J connectivity index is 2.60. The first kappa shape index (κ1) is 11.6. The number of nitrogen functional groups attached to an aromatic ring is 1. The summed E-state index contributed by atoms with van der Waals surface area (Å²) in [5.74, 6) is -1.68. The molecule has 0 aliphatic heterocycles. The van der Waals surface area contributed by atoms with Gasteiger partial charge in [0, 0.05) is 11.6 Å². The maximum Gasteiger partial charge on any atom is 0.222 e. The van der Waals surface area contributed by atoms with Crippen LogP contribution in [-0.4, -0.2) is 5.16 Å². The Hall–Kier alpha value is -1.91. The molecule has 0 amide bonds. The van der Waals surface area contributed by atoms with E-state index in [4.69, 9.17) is 5.73 Å². The van der Waals surface area contributed by atoms with E-state index >= 15 is 0 Å². The topological polar surface area (TPSA) is 52.0 Å². The number of nitrogens with two attached hydrogens (primary N) is 1. The predicted octanol–water partition coefficient (Wildman–Crippen LogP) is 3.33. The summed E-state index contributed by atoms with van der Waals surface area (Å²) in [6.45, 7) is 3.79. The maximum absolute atomic E-state index is 13.6. The average Bonchev–Trinajstić information content (AvgIpc) is 2.68. The lowest BCUT2D eigenvalue weighted by atomic mass is 9.99. The van der Waals surface area contributed by atoms with Crippen molar-refractivity contribution in [3.63, 3.8) is 0 Å². The smallest absolute Gasteiger partial charge is 0.222 e. The van der Waals surface area contributed by atoms with E-state index in [0.29, 0.717) is 5.56 Å². The van der Waals surface area contributed by atoms with E-state index in [1.807, 2.05) is 13.8 Å². The fourth-order valence-electron chi connectivity index (χ4n) is 1.55. The van der Waals surface area contributed by atoms with Crippen molar-refractivity contribution in [1.29, 1.82) is 0 Å². The van der Waals surface area contributed by atoms with Gasteiger partial charge in [-0.05, 0) is 23.6 Å². The Labute approximate surface area is 97.2 Å². The third kappa shape index (κ3) is 2.13. The van der Waals surface area contributed by atoms with Crippen molar-refractivity contribution in [2.75, 3.05) is 5.73 Å². The quantitative estimate of drug-likeness (QED) is 0.873. The molecule has 3 nitrogen and oxygen atoms in total. The number of hydrogen-bond donors (Lipinski definition) is 1. The number of halogens is 2. The molecule has 5 heteroatoms. The van der Waals surface area contributed by atoms with Crippen LogP contribution in [0.5, 0.6) is 0 Å². The SMILES string of the molecule is CC(C)c1cc(F)c(F)c(-c2cc(N)on2)c1. The highest BCUT2D eigenvalue weighted by Gasteiger charge is 2.16. The van der Waals surface area contributed by atoms with Crippen LogP contribution in [0.4, 0.5) is 14.7 Å². The molecule has 90 valence electrons. The molecule has 0 radical (unpaired) electrons. The summed E-state index contributed by atoms with van der Waals surface area (Å²) in [6.07, 6.45) is 0. The van der Waals surface area contributed by atoms with Crippen LogP contribution in [0, 0.1) is 11.6 Å². The Morgan fingerprint density at radius 1 is 1.24 bits per heavy atom. The third-order valence-corrected chi connectivity index (χ3v) is 2.52. The van der Waals surface area contributed by atoms with Crippen LogP contribution in [0.1, 0.15) is 25.3 Å². The van der Waals surface area contributed by atoms with E-state index in [-0.39, 0.29) is 23.1 Å². The molecule has 0 fully saturated rings. The van der Waals surface area contributed by atoms with Gasteiger partial charge in [0.2, 0.25) is 5.88 Å². The Morgan fingerprint density at radius 3 is 2.47 bits per heavy atom. The highest BCUT2D eigenvalue weighted by molar-refractivity contribution is 5.63. The minimum atomic E-state index is -0.942. The predicted molar refractivity (Wildman–Crippen MR) is 60.4 cm³/mol. The van der Waals surface area contributed by atoms with Crippen LogP contribution in [0.15, 0.2) is 22.7 Å². The Kier molecular flexibility index (Phi) is 2.83. The van der Waals surface area contributed by atoms with Crippen molar-refractivity contribution < 1.29 is 13.3 Å². The second-order valence-corrected chi connectivity index (χ2v) is 4.13. The van der Waals surface area contributed by atoms with Gasteiger partial charge in [-0.15, -0.1) is 0 Å². The first-order valence-electron chi connectivity index (χ1n) is 5.20. The molecule has 0 saturated heterocycles. The van der Waals surface area contributed by atoms with Crippen molar-refractivity contribution >= 4 is 5.88 Å². The number of anilines is 1. The standard InChI is InChI=1S/C12H12F2N2O/c1-6(2)7-3-8(12(14)9(13)4-7)10-5-11(15)17-16-10/h3-6H,15H2,1-2H3. The lowest BCUT2D eigenvalue weighted by Gasteiger charge is -2.08. The molecule has 0 spiro atoms. The molecule has 2 aromatic rings. The summed E-state index contributed by atoms with van der Waals surface area (Å²) in [5.41, 5.74) is 6.31. The van der Waals surface area contributed by atoms with Crippen LogP contribution < -0.4 is 5.73 Å². The van der Waals surface area contributed by atoms with Gasteiger partial charge in [-0.25, -0.2) is 8.78 Å². The number of benzene rings is 1. The average molecular weight is 238 g/mol. The van der Waals surface area contributed by atoms with Crippen molar-refractivity contribution in [3.8, 4) is 11.3 Å². The largest absolute Gasteiger partial charge is 0.368 e. The highest BCUT2D eigenvalue weighted by atomic mass is 19.2. The summed E-state index contributed by atoms with van der Waals surface area (Å²) in [6, 6.07) is 4.11. The molecule has 2 N–H and O–H groups in total. The van der Waals surface area contributed by atoms with Gasteiger partial charge < -0.3 is 10.3 Å². The fraction of sp³-hybridized carbons (Fsp3) is 0.250. The minimum absolute atomic E-state index is 0.0640. The molecule has 0 unspecified atom stereocenters. The second kappa shape index (κ2) is 4.16. The van der Waals surface area contributed by atoms with E-state index in [2.05, 4.69) is 9.68 Å². The summed E-state index contributed by atoms with van der Waals surface area (Å²) in [5, 5.41) is 3.58. The highest BCUT2D eigenvalue weighted by Crippen LogP contribution is 2.29. The summed E-state index contributed by atoms with van der Waals surface area (Å²) < 4.78 is 31.7. The number of hydrogen-bond acceptors (Lipinski definition) is 3. The molecule has 0 saturated carbocycles.